The zero-order valence-corrected chi connectivity index (χ0v) is 6.93. The fraction of sp³-hybridized carbons (Fsp3) is 0.889. The summed E-state index contributed by atoms with van der Waals surface area (Å²) in [6.45, 7) is 2.81. The minimum absolute atomic E-state index is 0.0994. The molecule has 0 unspecified atom stereocenters. The highest BCUT2D eigenvalue weighted by molar-refractivity contribution is 5.60. The molecular formula is C9H14O2. The van der Waals surface area contributed by atoms with Gasteiger partial charge in [-0.05, 0) is 32.6 Å². The Bertz CT molecular complexity index is 161. The van der Waals surface area contributed by atoms with Crippen LogP contribution in [0.25, 0.3) is 0 Å². The first-order chi connectivity index (χ1) is 5.18. The summed E-state index contributed by atoms with van der Waals surface area (Å²) in [5.41, 5.74) is 0.00250. The molecule has 0 aromatic carbocycles. The quantitative estimate of drug-likeness (QED) is 0.535. The molecule has 0 spiro atoms. The Labute approximate surface area is 66.9 Å². The first-order valence-corrected chi connectivity index (χ1v) is 4.28. The lowest BCUT2D eigenvalue weighted by atomic mass is 9.67. The molecule has 3 rings (SSSR count). The minimum atomic E-state index is -0.0994. The van der Waals surface area contributed by atoms with Crippen molar-refractivity contribution in [2.24, 2.45) is 5.41 Å². The molecule has 0 amide bonds. The van der Waals surface area contributed by atoms with E-state index >= 15 is 0 Å². The van der Waals surface area contributed by atoms with Gasteiger partial charge in [0.15, 0.2) is 0 Å². The van der Waals surface area contributed by atoms with Crippen LogP contribution in [0.1, 0.15) is 32.6 Å². The van der Waals surface area contributed by atoms with Crippen molar-refractivity contribution in [2.75, 3.05) is 6.61 Å². The van der Waals surface area contributed by atoms with Gasteiger partial charge in [-0.15, -0.1) is 0 Å². The number of fused-ring (bicyclic) bond motifs is 3. The minimum Gasteiger partial charge on any atom is -0.374 e. The maximum absolute atomic E-state index is 10.8. The zero-order valence-electron chi connectivity index (χ0n) is 6.93. The number of carbonyl (C=O) groups is 1. The van der Waals surface area contributed by atoms with Crippen LogP contribution < -0.4 is 0 Å². The number of hydrogen-bond donors (Lipinski definition) is 0. The van der Waals surface area contributed by atoms with Crippen LogP contribution in [-0.2, 0) is 9.53 Å². The number of ether oxygens (including phenoxy) is 1. The van der Waals surface area contributed by atoms with Gasteiger partial charge in [0.2, 0.25) is 0 Å². The lowest BCUT2D eigenvalue weighted by molar-refractivity contribution is -0.174. The van der Waals surface area contributed by atoms with Crippen molar-refractivity contribution < 1.29 is 9.53 Å². The van der Waals surface area contributed by atoms with E-state index in [-0.39, 0.29) is 11.0 Å². The Morgan fingerprint density at radius 1 is 1.27 bits per heavy atom. The summed E-state index contributed by atoms with van der Waals surface area (Å²) in [6.07, 6.45) is 5.29. The molecule has 2 heteroatoms. The summed E-state index contributed by atoms with van der Waals surface area (Å²) >= 11 is 0. The molecule has 2 aliphatic heterocycles. The summed E-state index contributed by atoms with van der Waals surface area (Å²) in [4.78, 5) is 10.8. The number of rotatable bonds is 1. The number of carbonyl (C=O) groups excluding carboxylic acids is 1. The van der Waals surface area contributed by atoms with Gasteiger partial charge < -0.3 is 9.53 Å². The Kier molecular flexibility index (Phi) is 1.37. The van der Waals surface area contributed by atoms with Crippen molar-refractivity contribution in [3.63, 3.8) is 0 Å². The van der Waals surface area contributed by atoms with Gasteiger partial charge in [-0.2, -0.15) is 0 Å². The molecule has 0 atom stereocenters. The molecule has 62 valence electrons. The van der Waals surface area contributed by atoms with Crippen LogP contribution >= 0.6 is 0 Å². The highest BCUT2D eigenvalue weighted by Crippen LogP contribution is 2.47. The van der Waals surface area contributed by atoms with Crippen molar-refractivity contribution in [3.8, 4) is 0 Å². The lowest BCUT2D eigenvalue weighted by Gasteiger charge is -2.49. The molecule has 2 heterocycles. The summed E-state index contributed by atoms with van der Waals surface area (Å²) < 4.78 is 5.63. The van der Waals surface area contributed by atoms with E-state index in [0.29, 0.717) is 6.61 Å². The number of aldehydes is 1. The van der Waals surface area contributed by atoms with E-state index in [1.807, 2.05) is 0 Å². The number of hydrogen-bond acceptors (Lipinski definition) is 2. The molecule has 2 saturated heterocycles. The summed E-state index contributed by atoms with van der Waals surface area (Å²) in [5, 5.41) is 0. The Hall–Kier alpha value is -0.370. The van der Waals surface area contributed by atoms with Gasteiger partial charge in [-0.3, -0.25) is 0 Å². The second-order valence-corrected chi connectivity index (χ2v) is 4.22. The molecule has 0 radical (unpaired) electrons. The van der Waals surface area contributed by atoms with Crippen molar-refractivity contribution in [3.05, 3.63) is 0 Å². The molecule has 2 bridgehead atoms. The van der Waals surface area contributed by atoms with E-state index in [1.54, 1.807) is 0 Å². The van der Waals surface area contributed by atoms with Gasteiger partial charge in [0.25, 0.3) is 0 Å². The van der Waals surface area contributed by atoms with Gasteiger partial charge in [0, 0.05) is 5.41 Å². The van der Waals surface area contributed by atoms with Crippen molar-refractivity contribution in [1.29, 1.82) is 0 Å². The molecule has 0 aromatic rings. The predicted octanol–water partition coefficient (Wildman–Crippen LogP) is 1.53. The molecule has 2 nitrogen and oxygen atoms in total. The van der Waals surface area contributed by atoms with Gasteiger partial charge in [-0.25, -0.2) is 0 Å². The standard InChI is InChI=1S/C9H14O2/c1-8-2-4-9(6-10,5-3-8)7-11-8/h6H,2-5,7H2,1H3. The fourth-order valence-corrected chi connectivity index (χ4v) is 2.04. The Balaban J connectivity index is 2.18. The molecule has 0 N–H and O–H groups in total. The van der Waals surface area contributed by atoms with Crippen molar-refractivity contribution in [1.82, 2.24) is 0 Å². The molecule has 0 aromatic heterocycles. The Morgan fingerprint density at radius 3 is 2.27 bits per heavy atom. The van der Waals surface area contributed by atoms with Gasteiger partial charge in [0.1, 0.15) is 6.29 Å². The van der Waals surface area contributed by atoms with Gasteiger partial charge in [0.05, 0.1) is 12.2 Å². The highest BCUT2D eigenvalue weighted by Gasteiger charge is 2.47. The SMILES string of the molecule is CC12CCC(C=O)(CC1)CO2. The van der Waals surface area contributed by atoms with Crippen molar-refractivity contribution >= 4 is 6.29 Å². The van der Waals surface area contributed by atoms with E-state index in [0.717, 1.165) is 32.0 Å². The largest absolute Gasteiger partial charge is 0.374 e. The van der Waals surface area contributed by atoms with Crippen LogP contribution in [0.4, 0.5) is 0 Å². The molecule has 3 aliphatic rings. The molecule has 3 fully saturated rings. The molecule has 1 aliphatic carbocycles. The topological polar surface area (TPSA) is 26.3 Å². The van der Waals surface area contributed by atoms with E-state index < -0.39 is 0 Å². The van der Waals surface area contributed by atoms with Crippen LogP contribution in [-0.4, -0.2) is 18.5 Å². The highest BCUT2D eigenvalue weighted by atomic mass is 16.5. The summed E-state index contributed by atoms with van der Waals surface area (Å²) in [5.74, 6) is 0. The molecule has 1 saturated carbocycles. The molecular weight excluding hydrogens is 140 g/mol. The fourth-order valence-electron chi connectivity index (χ4n) is 2.04. The summed E-state index contributed by atoms with van der Waals surface area (Å²) in [6, 6.07) is 0. The van der Waals surface area contributed by atoms with Crippen molar-refractivity contribution in [2.45, 2.75) is 38.2 Å². The normalized spacial score (nSPS) is 49.2. The second kappa shape index (κ2) is 2.07. The Morgan fingerprint density at radius 2 is 1.91 bits per heavy atom. The third-order valence-corrected chi connectivity index (χ3v) is 3.26. The van der Waals surface area contributed by atoms with Crippen LogP contribution in [0.3, 0.4) is 0 Å². The van der Waals surface area contributed by atoms with Crippen LogP contribution in [0, 0.1) is 5.41 Å². The van der Waals surface area contributed by atoms with Gasteiger partial charge in [-0.1, -0.05) is 0 Å². The first-order valence-electron chi connectivity index (χ1n) is 4.28. The predicted molar refractivity (Wildman–Crippen MR) is 41.3 cm³/mol. The van der Waals surface area contributed by atoms with Gasteiger partial charge >= 0.3 is 0 Å². The van der Waals surface area contributed by atoms with Crippen LogP contribution in [0.2, 0.25) is 0 Å². The van der Waals surface area contributed by atoms with Crippen LogP contribution in [0.5, 0.6) is 0 Å². The average molecular weight is 154 g/mol. The van der Waals surface area contributed by atoms with Crippen LogP contribution in [0.15, 0.2) is 0 Å². The lowest BCUT2D eigenvalue weighted by Crippen LogP contribution is -2.50. The second-order valence-electron chi connectivity index (χ2n) is 4.22. The van der Waals surface area contributed by atoms with E-state index in [4.69, 9.17) is 4.74 Å². The van der Waals surface area contributed by atoms with E-state index in [9.17, 15) is 4.79 Å². The zero-order chi connectivity index (χ0) is 7.95. The third-order valence-electron chi connectivity index (χ3n) is 3.26. The smallest absolute Gasteiger partial charge is 0.128 e. The molecule has 11 heavy (non-hydrogen) atoms. The first kappa shape index (κ1) is 7.29. The maximum Gasteiger partial charge on any atom is 0.128 e. The van der Waals surface area contributed by atoms with E-state index in [1.165, 1.54) is 0 Å². The van der Waals surface area contributed by atoms with E-state index in [2.05, 4.69) is 6.92 Å². The third kappa shape index (κ3) is 1.00. The monoisotopic (exact) mass is 154 g/mol. The maximum atomic E-state index is 10.8. The summed E-state index contributed by atoms with van der Waals surface area (Å²) in [7, 11) is 0. The average Bonchev–Trinajstić information content (AvgIpc) is 2.07.